The maximum Gasteiger partial charge on any atom is 0.326 e. The van der Waals surface area contributed by atoms with Crippen LogP contribution in [0.4, 0.5) is 0 Å². The van der Waals surface area contributed by atoms with Crippen LogP contribution in [0.5, 0.6) is 0 Å². The molecule has 0 spiro atoms. The molecule has 0 aliphatic heterocycles. The van der Waals surface area contributed by atoms with E-state index < -0.39 is 17.9 Å². The molecule has 0 unspecified atom stereocenters. The van der Waals surface area contributed by atoms with E-state index in [1.54, 1.807) is 0 Å². The van der Waals surface area contributed by atoms with E-state index in [0.29, 0.717) is 32.8 Å². The average molecular weight is 463 g/mol. The standard InChI is InChI=1S/C21H42N4O5S/c22-21(23)24-12-10-11-18(20(27)28)25-19(26)17-30-15-14-29-13-8-6-4-2-1-3-5-7-9-16-31/h18,31H,1-17H2,(H,25,26)(H,27,28)(H4,22,23,24)/t18-/m0/s1. The largest absolute Gasteiger partial charge is 0.480 e. The first-order valence-electron chi connectivity index (χ1n) is 11.3. The zero-order chi connectivity index (χ0) is 23.2. The van der Waals surface area contributed by atoms with E-state index >= 15 is 0 Å². The highest BCUT2D eigenvalue weighted by molar-refractivity contribution is 7.80. The number of unbranched alkanes of at least 4 members (excludes halogenated alkanes) is 8. The molecule has 0 aliphatic rings. The van der Waals surface area contributed by atoms with Gasteiger partial charge in [-0.1, -0.05) is 44.9 Å². The van der Waals surface area contributed by atoms with Gasteiger partial charge in [-0.25, -0.2) is 4.79 Å². The van der Waals surface area contributed by atoms with Gasteiger partial charge in [-0.3, -0.25) is 9.79 Å². The van der Waals surface area contributed by atoms with Crippen molar-refractivity contribution in [3.8, 4) is 0 Å². The Hall–Kier alpha value is -1.52. The van der Waals surface area contributed by atoms with Crippen molar-refractivity contribution in [3.05, 3.63) is 0 Å². The minimum Gasteiger partial charge on any atom is -0.480 e. The van der Waals surface area contributed by atoms with Crippen LogP contribution in [0, 0.1) is 0 Å². The predicted octanol–water partition coefficient (Wildman–Crippen LogP) is 2.08. The molecule has 0 fully saturated rings. The molecule has 6 N–H and O–H groups in total. The maximum atomic E-state index is 11.8. The second kappa shape index (κ2) is 21.7. The molecule has 1 atom stereocenters. The smallest absolute Gasteiger partial charge is 0.326 e. The van der Waals surface area contributed by atoms with Crippen molar-refractivity contribution in [1.29, 1.82) is 0 Å². The number of carboxylic acids is 1. The zero-order valence-corrected chi connectivity index (χ0v) is 19.6. The van der Waals surface area contributed by atoms with Crippen LogP contribution in [-0.4, -0.2) is 67.7 Å². The van der Waals surface area contributed by atoms with E-state index in [9.17, 15) is 14.7 Å². The highest BCUT2D eigenvalue weighted by Crippen LogP contribution is 2.10. The van der Waals surface area contributed by atoms with Gasteiger partial charge in [-0.05, 0) is 31.4 Å². The van der Waals surface area contributed by atoms with E-state index in [-0.39, 0.29) is 19.0 Å². The van der Waals surface area contributed by atoms with Crippen LogP contribution in [-0.2, 0) is 19.1 Å². The van der Waals surface area contributed by atoms with Gasteiger partial charge in [0.1, 0.15) is 12.6 Å². The number of thiol groups is 1. The number of nitrogens with one attached hydrogen (secondary N) is 1. The lowest BCUT2D eigenvalue weighted by Gasteiger charge is -2.14. The van der Waals surface area contributed by atoms with Gasteiger partial charge >= 0.3 is 5.97 Å². The second-order valence-corrected chi connectivity index (χ2v) is 7.92. The zero-order valence-electron chi connectivity index (χ0n) is 18.7. The van der Waals surface area contributed by atoms with Gasteiger partial charge < -0.3 is 31.4 Å². The first kappa shape index (κ1) is 29.5. The predicted molar refractivity (Wildman–Crippen MR) is 127 cm³/mol. The molecule has 182 valence electrons. The number of carbonyl (C=O) groups excluding carboxylic acids is 1. The Morgan fingerprint density at radius 2 is 1.45 bits per heavy atom. The van der Waals surface area contributed by atoms with Gasteiger partial charge in [-0.15, -0.1) is 0 Å². The molecule has 0 aromatic heterocycles. The Kier molecular flexibility index (Phi) is 20.6. The van der Waals surface area contributed by atoms with Gasteiger partial charge in [0.15, 0.2) is 5.96 Å². The van der Waals surface area contributed by atoms with E-state index in [1.807, 2.05) is 0 Å². The van der Waals surface area contributed by atoms with E-state index in [1.165, 1.54) is 51.4 Å². The molecular formula is C21H42N4O5S. The fourth-order valence-electron chi connectivity index (χ4n) is 2.94. The molecule has 0 saturated carbocycles. The van der Waals surface area contributed by atoms with Crippen molar-refractivity contribution in [3.63, 3.8) is 0 Å². The minimum atomic E-state index is -1.10. The topological polar surface area (TPSA) is 149 Å². The number of hydrogen-bond donors (Lipinski definition) is 5. The van der Waals surface area contributed by atoms with Crippen LogP contribution in [0.3, 0.4) is 0 Å². The number of hydrogen-bond acceptors (Lipinski definition) is 6. The van der Waals surface area contributed by atoms with Gasteiger partial charge in [0, 0.05) is 13.2 Å². The normalized spacial score (nSPS) is 11.8. The molecule has 9 nitrogen and oxygen atoms in total. The van der Waals surface area contributed by atoms with E-state index in [0.717, 1.165) is 12.2 Å². The van der Waals surface area contributed by atoms with Gasteiger partial charge in [0.2, 0.25) is 5.91 Å². The van der Waals surface area contributed by atoms with Crippen LogP contribution >= 0.6 is 12.6 Å². The van der Waals surface area contributed by atoms with Crippen LogP contribution < -0.4 is 16.8 Å². The molecule has 0 aliphatic carbocycles. The Bertz CT molecular complexity index is 490. The van der Waals surface area contributed by atoms with Crippen LogP contribution in [0.15, 0.2) is 4.99 Å². The number of ether oxygens (including phenoxy) is 2. The van der Waals surface area contributed by atoms with Crippen molar-refractivity contribution in [2.75, 3.05) is 38.7 Å². The Morgan fingerprint density at radius 1 is 0.871 bits per heavy atom. The number of aliphatic imine (C=N–C) groups is 1. The highest BCUT2D eigenvalue weighted by atomic mass is 32.1. The summed E-state index contributed by atoms with van der Waals surface area (Å²) in [5.74, 6) is -0.626. The van der Waals surface area contributed by atoms with Gasteiger partial charge in [-0.2, -0.15) is 12.6 Å². The van der Waals surface area contributed by atoms with Crippen molar-refractivity contribution in [2.24, 2.45) is 16.5 Å². The molecule has 0 aromatic rings. The second-order valence-electron chi connectivity index (χ2n) is 7.48. The van der Waals surface area contributed by atoms with E-state index in [2.05, 4.69) is 22.9 Å². The van der Waals surface area contributed by atoms with Gasteiger partial charge in [0.25, 0.3) is 0 Å². The summed E-state index contributed by atoms with van der Waals surface area (Å²) in [5.41, 5.74) is 10.4. The lowest BCUT2D eigenvalue weighted by Crippen LogP contribution is -2.42. The summed E-state index contributed by atoms with van der Waals surface area (Å²) in [6.45, 7) is 1.51. The van der Waals surface area contributed by atoms with Crippen LogP contribution in [0.25, 0.3) is 0 Å². The number of nitrogens with zero attached hydrogens (tertiary/aromatic N) is 1. The molecule has 0 heterocycles. The number of aliphatic carboxylic acids is 1. The average Bonchev–Trinajstić information content (AvgIpc) is 2.72. The number of rotatable bonds is 22. The quantitative estimate of drug-likeness (QED) is 0.0715. The Balaban J connectivity index is 3.53. The highest BCUT2D eigenvalue weighted by Gasteiger charge is 2.19. The summed E-state index contributed by atoms with van der Waals surface area (Å²) in [6, 6.07) is -0.991. The molecular weight excluding hydrogens is 420 g/mol. The summed E-state index contributed by atoms with van der Waals surface area (Å²) in [6.07, 6.45) is 11.9. The van der Waals surface area contributed by atoms with Crippen LogP contribution in [0.2, 0.25) is 0 Å². The lowest BCUT2D eigenvalue weighted by atomic mass is 10.1. The maximum absolute atomic E-state index is 11.8. The summed E-state index contributed by atoms with van der Waals surface area (Å²) in [7, 11) is 0. The summed E-state index contributed by atoms with van der Waals surface area (Å²) < 4.78 is 10.7. The molecule has 0 saturated heterocycles. The fraction of sp³-hybridized carbons (Fsp3) is 0.857. The molecule has 31 heavy (non-hydrogen) atoms. The first-order valence-corrected chi connectivity index (χ1v) is 11.9. The Labute approximate surface area is 192 Å². The minimum absolute atomic E-state index is 0.0439. The number of carbonyl (C=O) groups is 2. The third-order valence-corrected chi connectivity index (χ3v) is 4.95. The first-order chi connectivity index (χ1) is 15.0. The molecule has 1 amide bonds. The Morgan fingerprint density at radius 3 is 2.03 bits per heavy atom. The fourth-order valence-corrected chi connectivity index (χ4v) is 3.16. The molecule has 0 bridgehead atoms. The summed E-state index contributed by atoms with van der Waals surface area (Å²) >= 11 is 4.22. The number of amides is 1. The summed E-state index contributed by atoms with van der Waals surface area (Å²) in [4.78, 5) is 26.8. The van der Waals surface area contributed by atoms with Crippen molar-refractivity contribution < 1.29 is 24.2 Å². The molecule has 0 aromatic carbocycles. The van der Waals surface area contributed by atoms with Crippen molar-refractivity contribution in [1.82, 2.24) is 5.32 Å². The number of carboxylic acid groups (broad SMARTS) is 1. The third kappa shape index (κ3) is 21.5. The monoisotopic (exact) mass is 462 g/mol. The van der Waals surface area contributed by atoms with Crippen molar-refractivity contribution in [2.45, 2.75) is 76.7 Å². The SMILES string of the molecule is NC(N)=NCCC[C@H](NC(=O)COCCOCCCCCCCCCCCS)C(=O)O. The molecule has 0 radical (unpaired) electrons. The number of guanidine groups is 1. The molecule has 10 heteroatoms. The lowest BCUT2D eigenvalue weighted by molar-refractivity contribution is -0.142. The van der Waals surface area contributed by atoms with Crippen LogP contribution in [0.1, 0.15) is 70.6 Å². The summed E-state index contributed by atoms with van der Waals surface area (Å²) in [5, 5.41) is 11.6. The molecule has 0 rings (SSSR count). The number of nitrogens with two attached hydrogens (primary N) is 2. The van der Waals surface area contributed by atoms with E-state index in [4.69, 9.17) is 20.9 Å². The van der Waals surface area contributed by atoms with Gasteiger partial charge in [0.05, 0.1) is 13.2 Å². The third-order valence-electron chi connectivity index (χ3n) is 4.63. The van der Waals surface area contributed by atoms with Crippen molar-refractivity contribution >= 4 is 30.5 Å².